The zero-order valence-corrected chi connectivity index (χ0v) is 13.4. The third-order valence-electron chi connectivity index (χ3n) is 2.78. The Morgan fingerprint density at radius 2 is 1.73 bits per heavy atom. The second-order valence-electron chi connectivity index (χ2n) is 5.02. The number of benzene rings is 1. The van der Waals surface area contributed by atoms with E-state index < -0.39 is 6.09 Å². The van der Waals surface area contributed by atoms with E-state index in [0.29, 0.717) is 33.0 Å². The summed E-state index contributed by atoms with van der Waals surface area (Å²) in [5.41, 5.74) is 0.962. The Morgan fingerprint density at radius 3 is 2.41 bits per heavy atom. The van der Waals surface area contributed by atoms with Crippen molar-refractivity contribution in [2.24, 2.45) is 0 Å². The topological polar surface area (TPSA) is 60.0 Å². The first kappa shape index (κ1) is 18.4. The molecule has 0 saturated carbocycles. The third kappa shape index (κ3) is 10.1. The van der Waals surface area contributed by atoms with Crippen molar-refractivity contribution >= 4 is 6.09 Å². The smallest absolute Gasteiger partial charge is 0.407 e. The van der Waals surface area contributed by atoms with E-state index in [9.17, 15) is 4.79 Å². The van der Waals surface area contributed by atoms with Crippen LogP contribution in [0.1, 0.15) is 5.56 Å². The summed E-state index contributed by atoms with van der Waals surface area (Å²) in [4.78, 5) is 13.5. The maximum atomic E-state index is 11.4. The highest BCUT2D eigenvalue weighted by atomic mass is 16.5. The molecule has 1 N–H and O–H groups in total. The van der Waals surface area contributed by atoms with E-state index in [4.69, 9.17) is 14.2 Å². The lowest BCUT2D eigenvalue weighted by atomic mass is 10.2. The van der Waals surface area contributed by atoms with E-state index in [1.165, 1.54) is 0 Å². The molecule has 0 aromatic heterocycles. The van der Waals surface area contributed by atoms with Gasteiger partial charge in [0.1, 0.15) is 6.61 Å². The average Bonchev–Trinajstić information content (AvgIpc) is 2.52. The minimum absolute atomic E-state index is 0.271. The Labute approximate surface area is 132 Å². The maximum absolute atomic E-state index is 11.4. The Hall–Kier alpha value is -1.63. The van der Waals surface area contributed by atoms with Crippen LogP contribution in [-0.2, 0) is 20.8 Å². The van der Waals surface area contributed by atoms with Gasteiger partial charge >= 0.3 is 6.09 Å². The molecular formula is C16H26N2O4. The molecule has 0 bridgehead atoms. The van der Waals surface area contributed by atoms with Gasteiger partial charge in [0.15, 0.2) is 0 Å². The van der Waals surface area contributed by atoms with Crippen molar-refractivity contribution in [2.45, 2.75) is 6.61 Å². The molecule has 124 valence electrons. The van der Waals surface area contributed by atoms with Gasteiger partial charge in [0.2, 0.25) is 0 Å². The van der Waals surface area contributed by atoms with E-state index in [1.807, 2.05) is 44.4 Å². The number of hydrogen-bond acceptors (Lipinski definition) is 5. The first-order valence-electron chi connectivity index (χ1n) is 7.43. The van der Waals surface area contributed by atoms with Gasteiger partial charge in [-0.15, -0.1) is 0 Å². The van der Waals surface area contributed by atoms with Crippen LogP contribution in [0.2, 0.25) is 0 Å². The number of carbonyl (C=O) groups is 1. The van der Waals surface area contributed by atoms with Crippen LogP contribution in [0, 0.1) is 0 Å². The Kier molecular flexibility index (Phi) is 10.0. The lowest BCUT2D eigenvalue weighted by Crippen LogP contribution is -2.28. The minimum atomic E-state index is -0.435. The number of nitrogens with one attached hydrogen (secondary N) is 1. The van der Waals surface area contributed by atoms with Gasteiger partial charge in [-0.1, -0.05) is 30.3 Å². The molecule has 1 rings (SSSR count). The monoisotopic (exact) mass is 310 g/mol. The largest absolute Gasteiger partial charge is 0.445 e. The van der Waals surface area contributed by atoms with Crippen molar-refractivity contribution in [3.05, 3.63) is 35.9 Å². The van der Waals surface area contributed by atoms with E-state index >= 15 is 0 Å². The highest BCUT2D eigenvalue weighted by Crippen LogP contribution is 2.00. The summed E-state index contributed by atoms with van der Waals surface area (Å²) >= 11 is 0. The summed E-state index contributed by atoms with van der Waals surface area (Å²) in [6.07, 6.45) is -0.435. The summed E-state index contributed by atoms with van der Waals surface area (Å²) in [5.74, 6) is 0. The van der Waals surface area contributed by atoms with Crippen LogP contribution in [0.3, 0.4) is 0 Å². The van der Waals surface area contributed by atoms with Gasteiger partial charge in [-0.3, -0.25) is 0 Å². The SMILES string of the molecule is CN(C)CCOCCOCCNC(=O)OCc1ccccc1. The van der Waals surface area contributed by atoms with Crippen molar-refractivity contribution < 1.29 is 19.0 Å². The zero-order valence-electron chi connectivity index (χ0n) is 13.4. The second-order valence-corrected chi connectivity index (χ2v) is 5.02. The van der Waals surface area contributed by atoms with Crippen molar-refractivity contribution in [3.63, 3.8) is 0 Å². The zero-order chi connectivity index (χ0) is 16.0. The number of carbonyl (C=O) groups excluding carboxylic acids is 1. The molecular weight excluding hydrogens is 284 g/mol. The fourth-order valence-corrected chi connectivity index (χ4v) is 1.57. The lowest BCUT2D eigenvalue weighted by molar-refractivity contribution is 0.0432. The van der Waals surface area contributed by atoms with Crippen LogP contribution in [0.25, 0.3) is 0 Å². The predicted molar refractivity (Wildman–Crippen MR) is 84.8 cm³/mol. The van der Waals surface area contributed by atoms with Crippen LogP contribution in [-0.4, -0.2) is 64.6 Å². The molecule has 0 unspecified atom stereocenters. The number of rotatable bonds is 11. The Balaban J connectivity index is 1.89. The maximum Gasteiger partial charge on any atom is 0.407 e. The molecule has 0 spiro atoms. The average molecular weight is 310 g/mol. The number of ether oxygens (including phenoxy) is 3. The summed E-state index contributed by atoms with van der Waals surface area (Å²) in [5, 5.41) is 2.64. The Morgan fingerprint density at radius 1 is 1.05 bits per heavy atom. The van der Waals surface area contributed by atoms with Gasteiger partial charge in [-0.05, 0) is 19.7 Å². The molecule has 0 aliphatic rings. The summed E-state index contributed by atoms with van der Waals surface area (Å²) < 4.78 is 15.8. The summed E-state index contributed by atoms with van der Waals surface area (Å²) in [6, 6.07) is 9.56. The molecule has 0 saturated heterocycles. The predicted octanol–water partition coefficient (Wildman–Crippen LogP) is 1.51. The standard InChI is InChI=1S/C16H26N2O4/c1-18(2)9-11-21-13-12-20-10-8-17-16(19)22-14-15-6-4-3-5-7-15/h3-7H,8-14H2,1-2H3,(H,17,19). The molecule has 0 radical (unpaired) electrons. The molecule has 1 aromatic rings. The van der Waals surface area contributed by atoms with Gasteiger partial charge in [0.25, 0.3) is 0 Å². The van der Waals surface area contributed by atoms with Gasteiger partial charge in [-0.2, -0.15) is 0 Å². The van der Waals surface area contributed by atoms with Crippen molar-refractivity contribution in [3.8, 4) is 0 Å². The van der Waals surface area contributed by atoms with E-state index in [0.717, 1.165) is 12.1 Å². The van der Waals surface area contributed by atoms with Gasteiger partial charge in [0.05, 0.1) is 26.4 Å². The first-order valence-corrected chi connectivity index (χ1v) is 7.43. The minimum Gasteiger partial charge on any atom is -0.445 e. The molecule has 0 atom stereocenters. The van der Waals surface area contributed by atoms with Crippen LogP contribution >= 0.6 is 0 Å². The van der Waals surface area contributed by atoms with Crippen LogP contribution in [0.5, 0.6) is 0 Å². The fraction of sp³-hybridized carbons (Fsp3) is 0.562. The van der Waals surface area contributed by atoms with Crippen molar-refractivity contribution in [1.29, 1.82) is 0 Å². The summed E-state index contributed by atoms with van der Waals surface area (Å²) in [6.45, 7) is 3.81. The van der Waals surface area contributed by atoms with Crippen molar-refractivity contribution in [2.75, 3.05) is 53.6 Å². The number of amides is 1. The molecule has 6 nitrogen and oxygen atoms in total. The molecule has 0 fully saturated rings. The number of likely N-dealkylation sites (N-methyl/N-ethyl adjacent to an activating group) is 1. The fourth-order valence-electron chi connectivity index (χ4n) is 1.57. The highest BCUT2D eigenvalue weighted by Gasteiger charge is 2.01. The third-order valence-corrected chi connectivity index (χ3v) is 2.78. The number of hydrogen-bond donors (Lipinski definition) is 1. The van der Waals surface area contributed by atoms with Gasteiger partial charge in [0, 0.05) is 13.1 Å². The normalized spacial score (nSPS) is 10.7. The molecule has 22 heavy (non-hydrogen) atoms. The van der Waals surface area contributed by atoms with Crippen molar-refractivity contribution in [1.82, 2.24) is 10.2 Å². The molecule has 0 heterocycles. The van der Waals surface area contributed by atoms with E-state index in [1.54, 1.807) is 0 Å². The highest BCUT2D eigenvalue weighted by molar-refractivity contribution is 5.67. The van der Waals surface area contributed by atoms with Gasteiger partial charge < -0.3 is 24.4 Å². The number of nitrogens with zero attached hydrogens (tertiary/aromatic N) is 1. The quantitative estimate of drug-likeness (QED) is 0.628. The molecule has 0 aliphatic carbocycles. The molecule has 1 amide bonds. The van der Waals surface area contributed by atoms with Crippen LogP contribution < -0.4 is 5.32 Å². The molecule has 0 aliphatic heterocycles. The molecule has 1 aromatic carbocycles. The second kappa shape index (κ2) is 12.0. The molecule has 6 heteroatoms. The number of alkyl carbamates (subject to hydrolysis) is 1. The van der Waals surface area contributed by atoms with E-state index in [2.05, 4.69) is 10.2 Å². The summed E-state index contributed by atoms with van der Waals surface area (Å²) in [7, 11) is 4.00. The first-order chi connectivity index (χ1) is 10.7. The Bertz CT molecular complexity index is 398. The van der Waals surface area contributed by atoms with Gasteiger partial charge in [-0.25, -0.2) is 4.79 Å². The lowest BCUT2D eigenvalue weighted by Gasteiger charge is -2.10. The van der Waals surface area contributed by atoms with Crippen LogP contribution in [0.15, 0.2) is 30.3 Å². The van der Waals surface area contributed by atoms with E-state index in [-0.39, 0.29) is 6.61 Å². The van der Waals surface area contributed by atoms with Crippen LogP contribution in [0.4, 0.5) is 4.79 Å².